The minimum atomic E-state index is -1.42. The van der Waals surface area contributed by atoms with Crippen LogP contribution < -0.4 is 19.5 Å². The van der Waals surface area contributed by atoms with E-state index < -0.39 is 28.4 Å². The van der Waals surface area contributed by atoms with Crippen molar-refractivity contribution < 1.29 is 38.6 Å². The number of nitro benzene ring substituents is 1. The molecule has 250 valence electrons. The number of methoxy groups -OCH3 is 2. The number of alkyl carbamates (subject to hydrolysis) is 1. The second-order valence-electron chi connectivity index (χ2n) is 12.3. The summed E-state index contributed by atoms with van der Waals surface area (Å²) >= 11 is 0. The molecular weight excluding hydrogens is 616 g/mol. The van der Waals surface area contributed by atoms with E-state index in [1.165, 1.54) is 26.4 Å². The van der Waals surface area contributed by atoms with Gasteiger partial charge < -0.3 is 29.4 Å². The molecule has 5 rings (SSSR count). The normalized spacial score (nSPS) is 12.8. The third-order valence-electron chi connectivity index (χ3n) is 8.83. The minimum Gasteiger partial charge on any atom is -0.493 e. The summed E-state index contributed by atoms with van der Waals surface area (Å²) in [6, 6.07) is 20.8. The molecule has 2 N–H and O–H groups in total. The van der Waals surface area contributed by atoms with E-state index in [0.29, 0.717) is 17.1 Å². The molecule has 1 unspecified atom stereocenters. The Morgan fingerprint density at radius 3 is 2.06 bits per heavy atom. The smallest absolute Gasteiger partial charge is 0.407 e. The standard InChI is InChI=1S/C37H38N2O9/c1-21-15-22(2)33(32(16-21)47-19-23-17-30(45-5)31(46-6)18-29(23)39(43)44)37(3,4)34(35(40)41)38-36(42)48-20-28-26-13-9-7-11-24(26)25-12-8-10-14-27(25)28/h7-18,28,34H,19-20H2,1-6H3,(H,38,42)(H,40,41). The Kier molecular flexibility index (Phi) is 9.60. The zero-order valence-corrected chi connectivity index (χ0v) is 27.7. The van der Waals surface area contributed by atoms with Crippen molar-refractivity contribution in [2.24, 2.45) is 0 Å². The van der Waals surface area contributed by atoms with Crippen LogP contribution >= 0.6 is 0 Å². The van der Waals surface area contributed by atoms with Gasteiger partial charge in [0, 0.05) is 16.9 Å². The van der Waals surface area contributed by atoms with Crippen LogP contribution in [0.25, 0.3) is 11.1 Å². The number of rotatable bonds is 12. The molecule has 0 saturated carbocycles. The number of ether oxygens (including phenoxy) is 4. The third kappa shape index (κ3) is 6.48. The summed E-state index contributed by atoms with van der Waals surface area (Å²) in [5.74, 6) is -0.651. The summed E-state index contributed by atoms with van der Waals surface area (Å²) in [5, 5.41) is 24.9. The number of carbonyl (C=O) groups excluding carboxylic acids is 1. The molecule has 0 spiro atoms. The molecule has 0 aliphatic heterocycles. The minimum absolute atomic E-state index is 0.0225. The third-order valence-corrected chi connectivity index (χ3v) is 8.83. The van der Waals surface area contributed by atoms with Crippen molar-refractivity contribution in [2.45, 2.75) is 51.7 Å². The zero-order valence-electron chi connectivity index (χ0n) is 27.7. The first-order valence-electron chi connectivity index (χ1n) is 15.4. The van der Waals surface area contributed by atoms with Crippen LogP contribution in [0.5, 0.6) is 17.2 Å². The van der Waals surface area contributed by atoms with E-state index in [1.54, 1.807) is 19.9 Å². The molecule has 11 nitrogen and oxygen atoms in total. The summed E-state index contributed by atoms with van der Waals surface area (Å²) in [6.07, 6.45) is -0.870. The fraction of sp³-hybridized carbons (Fsp3) is 0.297. The molecule has 0 heterocycles. The number of carboxylic acids is 1. The molecule has 1 atom stereocenters. The maximum Gasteiger partial charge on any atom is 0.407 e. The van der Waals surface area contributed by atoms with E-state index in [1.807, 2.05) is 68.4 Å². The van der Waals surface area contributed by atoms with E-state index in [-0.39, 0.29) is 36.1 Å². The molecule has 1 aliphatic rings. The number of aliphatic carboxylic acids is 1. The summed E-state index contributed by atoms with van der Waals surface area (Å²) in [5.41, 5.74) is 5.07. The number of benzene rings is 4. The molecule has 0 fully saturated rings. The lowest BCUT2D eigenvalue weighted by atomic mass is 9.75. The van der Waals surface area contributed by atoms with E-state index in [0.717, 1.165) is 33.4 Å². The summed E-state index contributed by atoms with van der Waals surface area (Å²) in [7, 11) is 2.81. The van der Waals surface area contributed by atoms with Gasteiger partial charge >= 0.3 is 12.1 Å². The molecule has 1 amide bonds. The van der Waals surface area contributed by atoms with Gasteiger partial charge in [0.15, 0.2) is 11.5 Å². The first-order valence-corrected chi connectivity index (χ1v) is 15.4. The lowest BCUT2D eigenvalue weighted by molar-refractivity contribution is -0.385. The van der Waals surface area contributed by atoms with Gasteiger partial charge in [-0.3, -0.25) is 10.1 Å². The molecule has 0 bridgehead atoms. The quantitative estimate of drug-likeness (QED) is 0.121. The molecule has 48 heavy (non-hydrogen) atoms. The molecule has 4 aromatic carbocycles. The highest BCUT2D eigenvalue weighted by atomic mass is 16.6. The van der Waals surface area contributed by atoms with Crippen molar-refractivity contribution in [3.8, 4) is 28.4 Å². The number of amides is 1. The SMILES string of the molecule is COc1cc(COc2cc(C)cc(C)c2C(C)(C)C(NC(=O)OCC2c3ccccc3-c3ccccc32)C(=O)O)c([N+](=O)[O-])cc1OC. The van der Waals surface area contributed by atoms with Crippen LogP contribution in [0.3, 0.4) is 0 Å². The fourth-order valence-corrected chi connectivity index (χ4v) is 6.67. The molecular formula is C37H38N2O9. The van der Waals surface area contributed by atoms with Gasteiger partial charge in [0.1, 0.15) is 25.0 Å². The van der Waals surface area contributed by atoms with Crippen molar-refractivity contribution in [2.75, 3.05) is 20.8 Å². The molecule has 1 aliphatic carbocycles. The van der Waals surface area contributed by atoms with Crippen molar-refractivity contribution in [3.63, 3.8) is 0 Å². The first-order chi connectivity index (χ1) is 22.9. The number of nitrogens with one attached hydrogen (secondary N) is 1. The molecule has 0 saturated heterocycles. The number of carboxylic acid groups (broad SMARTS) is 1. The molecule has 0 radical (unpaired) electrons. The number of fused-ring (bicyclic) bond motifs is 3. The topological polar surface area (TPSA) is 146 Å². The largest absolute Gasteiger partial charge is 0.493 e. The fourth-order valence-electron chi connectivity index (χ4n) is 6.67. The summed E-state index contributed by atoms with van der Waals surface area (Å²) in [4.78, 5) is 37.4. The molecule has 11 heteroatoms. The number of hydrogen-bond donors (Lipinski definition) is 2. The Morgan fingerprint density at radius 1 is 0.917 bits per heavy atom. The van der Waals surface area contributed by atoms with E-state index >= 15 is 0 Å². The van der Waals surface area contributed by atoms with Crippen LogP contribution in [0.1, 0.15) is 53.1 Å². The maximum atomic E-state index is 13.3. The Morgan fingerprint density at radius 2 is 1.50 bits per heavy atom. The van der Waals surface area contributed by atoms with Crippen LogP contribution in [-0.4, -0.2) is 49.0 Å². The van der Waals surface area contributed by atoms with Crippen molar-refractivity contribution >= 4 is 17.7 Å². The Balaban J connectivity index is 1.39. The number of hydrogen-bond acceptors (Lipinski definition) is 8. The van der Waals surface area contributed by atoms with Gasteiger partial charge in [-0.2, -0.15) is 0 Å². The van der Waals surface area contributed by atoms with Gasteiger partial charge in [0.25, 0.3) is 5.69 Å². The van der Waals surface area contributed by atoms with E-state index in [4.69, 9.17) is 18.9 Å². The zero-order chi connectivity index (χ0) is 34.7. The van der Waals surface area contributed by atoms with Crippen LogP contribution in [0, 0.1) is 24.0 Å². The van der Waals surface area contributed by atoms with E-state index in [2.05, 4.69) is 5.32 Å². The lowest BCUT2D eigenvalue weighted by Gasteiger charge is -2.35. The van der Waals surface area contributed by atoms with Crippen molar-refractivity contribution in [1.29, 1.82) is 0 Å². The number of aryl methyl sites for hydroxylation is 2. The molecule has 0 aromatic heterocycles. The van der Waals surface area contributed by atoms with Crippen molar-refractivity contribution in [3.05, 3.63) is 116 Å². The van der Waals surface area contributed by atoms with Crippen LogP contribution in [-0.2, 0) is 21.6 Å². The van der Waals surface area contributed by atoms with Gasteiger partial charge in [-0.25, -0.2) is 9.59 Å². The average Bonchev–Trinajstić information content (AvgIpc) is 3.37. The number of nitrogens with zero attached hydrogens (tertiary/aromatic N) is 1. The van der Waals surface area contributed by atoms with Gasteiger partial charge in [0.2, 0.25) is 0 Å². The van der Waals surface area contributed by atoms with Crippen LogP contribution in [0.15, 0.2) is 72.8 Å². The van der Waals surface area contributed by atoms with Gasteiger partial charge in [-0.1, -0.05) is 68.4 Å². The average molecular weight is 655 g/mol. The second-order valence-corrected chi connectivity index (χ2v) is 12.3. The van der Waals surface area contributed by atoms with Crippen LogP contribution in [0.4, 0.5) is 10.5 Å². The van der Waals surface area contributed by atoms with Gasteiger partial charge in [-0.05, 0) is 59.4 Å². The van der Waals surface area contributed by atoms with Gasteiger partial charge in [0.05, 0.1) is 30.8 Å². The van der Waals surface area contributed by atoms with Crippen LogP contribution in [0.2, 0.25) is 0 Å². The molecule has 4 aromatic rings. The monoisotopic (exact) mass is 654 g/mol. The number of nitro groups is 1. The summed E-state index contributed by atoms with van der Waals surface area (Å²) in [6.45, 7) is 6.87. The first kappa shape index (κ1) is 33.8. The summed E-state index contributed by atoms with van der Waals surface area (Å²) < 4.78 is 22.5. The Hall–Kier alpha value is -5.58. The highest BCUT2D eigenvalue weighted by Gasteiger charge is 2.42. The predicted molar refractivity (Wildman–Crippen MR) is 179 cm³/mol. The maximum absolute atomic E-state index is 13.3. The lowest BCUT2D eigenvalue weighted by Crippen LogP contribution is -2.53. The highest BCUT2D eigenvalue weighted by molar-refractivity contribution is 5.83. The number of carbonyl (C=O) groups is 2. The van der Waals surface area contributed by atoms with Crippen molar-refractivity contribution in [1.82, 2.24) is 5.32 Å². The van der Waals surface area contributed by atoms with E-state index in [9.17, 15) is 24.8 Å². The predicted octanol–water partition coefficient (Wildman–Crippen LogP) is 7.08. The highest BCUT2D eigenvalue weighted by Crippen LogP contribution is 2.45. The van der Waals surface area contributed by atoms with Gasteiger partial charge in [-0.15, -0.1) is 0 Å². The second kappa shape index (κ2) is 13.6. The Labute approximate surface area is 278 Å². The Bertz CT molecular complexity index is 1840.